The molecule has 1 aromatic carbocycles. The number of nitrogens with zero attached hydrogens (tertiary/aromatic N) is 1. The van der Waals surface area contributed by atoms with Gasteiger partial charge in [0.05, 0.1) is 4.90 Å². The van der Waals surface area contributed by atoms with Crippen LogP contribution in [-0.4, -0.2) is 49.7 Å². The van der Waals surface area contributed by atoms with Crippen molar-refractivity contribution < 1.29 is 18.0 Å². The first kappa shape index (κ1) is 22.7. The van der Waals surface area contributed by atoms with Gasteiger partial charge in [-0.1, -0.05) is 26.8 Å². The van der Waals surface area contributed by atoms with Crippen molar-refractivity contribution in [2.75, 3.05) is 13.1 Å². The number of hydrogen-bond acceptors (Lipinski definition) is 4. The van der Waals surface area contributed by atoms with Gasteiger partial charge < -0.3 is 10.6 Å². The number of benzene rings is 1. The lowest BCUT2D eigenvalue weighted by Gasteiger charge is -2.39. The Morgan fingerprint density at radius 1 is 1.23 bits per heavy atom. The van der Waals surface area contributed by atoms with Crippen LogP contribution in [-0.2, 0) is 14.8 Å². The van der Waals surface area contributed by atoms with Crippen molar-refractivity contribution in [3.63, 3.8) is 0 Å². The summed E-state index contributed by atoms with van der Waals surface area (Å²) in [6, 6.07) is 5.36. The second-order valence-corrected chi connectivity index (χ2v) is 11.8. The lowest BCUT2D eigenvalue weighted by molar-refractivity contribution is -0.122. The molecule has 0 radical (unpaired) electrons. The molecule has 0 aromatic heterocycles. The fraction of sp³-hybridized carbons (Fsp3) is 0.636. The topological polar surface area (TPSA) is 95.6 Å². The van der Waals surface area contributed by atoms with E-state index in [0.717, 1.165) is 19.3 Å². The zero-order chi connectivity index (χ0) is 22.3. The summed E-state index contributed by atoms with van der Waals surface area (Å²) >= 11 is 0. The summed E-state index contributed by atoms with van der Waals surface area (Å²) in [5.41, 5.74) is 0.316. The molecular weight excluding hydrogens is 402 g/mol. The Balaban J connectivity index is 1.82. The number of likely N-dealkylation sites (N-methyl/N-ethyl adjacent to an activating group) is 1. The lowest BCUT2D eigenvalue weighted by atomic mass is 9.65. The fourth-order valence-corrected chi connectivity index (χ4v) is 7.12. The van der Waals surface area contributed by atoms with E-state index in [-0.39, 0.29) is 33.2 Å². The van der Waals surface area contributed by atoms with Crippen molar-refractivity contribution in [1.29, 1.82) is 0 Å². The highest BCUT2D eigenvalue weighted by atomic mass is 32.2. The Kier molecular flexibility index (Phi) is 6.04. The molecule has 3 atom stereocenters. The van der Waals surface area contributed by atoms with E-state index in [2.05, 4.69) is 31.4 Å². The molecular formula is C22H33N3O4S. The van der Waals surface area contributed by atoms with Crippen LogP contribution in [0.3, 0.4) is 0 Å². The summed E-state index contributed by atoms with van der Waals surface area (Å²) in [6.45, 7) is 10.9. The van der Waals surface area contributed by atoms with E-state index in [1.165, 1.54) is 12.1 Å². The van der Waals surface area contributed by atoms with Crippen molar-refractivity contribution in [2.45, 2.75) is 70.9 Å². The van der Waals surface area contributed by atoms with Crippen LogP contribution in [0.1, 0.15) is 64.2 Å². The zero-order valence-electron chi connectivity index (χ0n) is 18.5. The van der Waals surface area contributed by atoms with Crippen LogP contribution in [0.15, 0.2) is 29.2 Å². The van der Waals surface area contributed by atoms with Gasteiger partial charge in [-0.25, -0.2) is 8.42 Å². The van der Waals surface area contributed by atoms with Gasteiger partial charge in [0.25, 0.3) is 5.91 Å². The Morgan fingerprint density at radius 2 is 1.93 bits per heavy atom. The third-order valence-corrected chi connectivity index (χ3v) is 8.06. The van der Waals surface area contributed by atoms with E-state index >= 15 is 0 Å². The molecule has 8 heteroatoms. The van der Waals surface area contributed by atoms with Crippen LogP contribution in [0.5, 0.6) is 0 Å². The summed E-state index contributed by atoms with van der Waals surface area (Å²) in [5.74, 6) is -0.756. The molecule has 2 fully saturated rings. The Hall–Kier alpha value is -1.93. The van der Waals surface area contributed by atoms with Crippen molar-refractivity contribution in [3.8, 4) is 0 Å². The Labute approximate surface area is 179 Å². The quantitative estimate of drug-likeness (QED) is 0.718. The van der Waals surface area contributed by atoms with Gasteiger partial charge in [0.1, 0.15) is 6.04 Å². The van der Waals surface area contributed by atoms with E-state index in [0.29, 0.717) is 13.1 Å². The predicted octanol–water partition coefficient (Wildman–Crippen LogP) is 2.53. The molecule has 2 N–H and O–H groups in total. The fourth-order valence-electron chi connectivity index (χ4n) is 5.30. The van der Waals surface area contributed by atoms with Gasteiger partial charge in [-0.3, -0.25) is 9.59 Å². The van der Waals surface area contributed by atoms with Crippen LogP contribution in [0.25, 0.3) is 0 Å². The van der Waals surface area contributed by atoms with Crippen LogP contribution in [0, 0.1) is 10.8 Å². The van der Waals surface area contributed by atoms with Gasteiger partial charge in [-0.2, -0.15) is 4.31 Å². The number of nitrogens with one attached hydrogen (secondary N) is 2. The van der Waals surface area contributed by atoms with Crippen LogP contribution < -0.4 is 10.6 Å². The first-order valence-corrected chi connectivity index (χ1v) is 12.0. The first-order valence-electron chi connectivity index (χ1n) is 10.6. The molecule has 7 nitrogen and oxygen atoms in total. The standard InChI is InChI=1S/C22H33N3O4S/c1-6-23-19(26)15(2)24-20(27)16-8-7-9-18(10-16)30(28,29)25-14-22(5)12-17(25)11-21(3,4)13-22/h7-10,15,17H,6,11-14H2,1-5H3,(H,23,26)(H,24,27). The van der Waals surface area contributed by atoms with Gasteiger partial charge in [-0.05, 0) is 62.1 Å². The van der Waals surface area contributed by atoms with Crippen molar-refractivity contribution in [2.24, 2.45) is 10.8 Å². The Bertz CT molecular complexity index is 943. The monoisotopic (exact) mass is 435 g/mol. The minimum absolute atomic E-state index is 0.0148. The van der Waals surface area contributed by atoms with Crippen LogP contribution in [0.2, 0.25) is 0 Å². The summed E-state index contributed by atoms with van der Waals surface area (Å²) in [5, 5.41) is 5.27. The third-order valence-electron chi connectivity index (χ3n) is 6.16. The molecule has 0 spiro atoms. The lowest BCUT2D eigenvalue weighted by Crippen LogP contribution is -2.44. The SMILES string of the molecule is CCNC(=O)C(C)NC(=O)c1cccc(S(=O)(=O)N2CC3(C)CC2CC(C)(C)C3)c1. The van der Waals surface area contributed by atoms with E-state index < -0.39 is 22.0 Å². The average molecular weight is 436 g/mol. The Morgan fingerprint density at radius 3 is 2.60 bits per heavy atom. The van der Waals surface area contributed by atoms with Gasteiger partial charge in [0, 0.05) is 24.7 Å². The maximum Gasteiger partial charge on any atom is 0.251 e. The molecule has 3 unspecified atom stereocenters. The van der Waals surface area contributed by atoms with Crippen molar-refractivity contribution in [3.05, 3.63) is 29.8 Å². The molecule has 2 aliphatic rings. The smallest absolute Gasteiger partial charge is 0.251 e. The molecule has 1 aliphatic carbocycles. The van der Waals surface area contributed by atoms with Gasteiger partial charge in [0.15, 0.2) is 0 Å². The molecule has 1 saturated carbocycles. The molecule has 1 heterocycles. The molecule has 3 rings (SSSR count). The first-order chi connectivity index (χ1) is 13.9. The number of amides is 2. The summed E-state index contributed by atoms with van der Waals surface area (Å²) < 4.78 is 28.5. The molecule has 2 bridgehead atoms. The average Bonchev–Trinajstić information content (AvgIpc) is 2.91. The number of carbonyl (C=O) groups is 2. The summed E-state index contributed by atoms with van der Waals surface area (Å²) in [6.07, 6.45) is 2.72. The molecule has 1 saturated heterocycles. The predicted molar refractivity (Wildman–Crippen MR) is 115 cm³/mol. The molecule has 1 aromatic rings. The maximum absolute atomic E-state index is 13.5. The number of hydrogen-bond donors (Lipinski definition) is 2. The minimum atomic E-state index is -3.72. The van der Waals surface area contributed by atoms with Crippen molar-refractivity contribution >= 4 is 21.8 Å². The number of fused-ring (bicyclic) bond motifs is 2. The van der Waals surface area contributed by atoms with Crippen LogP contribution in [0.4, 0.5) is 0 Å². The maximum atomic E-state index is 13.5. The minimum Gasteiger partial charge on any atom is -0.355 e. The van der Waals surface area contributed by atoms with Crippen molar-refractivity contribution in [1.82, 2.24) is 14.9 Å². The number of rotatable bonds is 6. The normalized spacial score (nSPS) is 26.8. The molecule has 1 aliphatic heterocycles. The number of carbonyl (C=O) groups excluding carboxylic acids is 2. The van der Waals surface area contributed by atoms with E-state index in [1.807, 2.05) is 0 Å². The van der Waals surface area contributed by atoms with Gasteiger partial charge >= 0.3 is 0 Å². The molecule has 166 valence electrons. The molecule has 30 heavy (non-hydrogen) atoms. The second-order valence-electron chi connectivity index (χ2n) is 9.88. The highest BCUT2D eigenvalue weighted by Gasteiger charge is 2.53. The van der Waals surface area contributed by atoms with Crippen LogP contribution >= 0.6 is 0 Å². The summed E-state index contributed by atoms with van der Waals surface area (Å²) in [4.78, 5) is 24.6. The largest absolute Gasteiger partial charge is 0.355 e. The van der Waals surface area contributed by atoms with Gasteiger partial charge in [-0.15, -0.1) is 0 Å². The van der Waals surface area contributed by atoms with E-state index in [4.69, 9.17) is 0 Å². The highest BCUT2D eigenvalue weighted by molar-refractivity contribution is 7.89. The highest BCUT2D eigenvalue weighted by Crippen LogP contribution is 2.53. The number of sulfonamides is 1. The summed E-state index contributed by atoms with van der Waals surface area (Å²) in [7, 11) is -3.72. The van der Waals surface area contributed by atoms with E-state index in [1.54, 1.807) is 30.3 Å². The second kappa shape index (κ2) is 7.96. The van der Waals surface area contributed by atoms with Gasteiger partial charge in [0.2, 0.25) is 15.9 Å². The molecule has 2 amide bonds. The van der Waals surface area contributed by atoms with E-state index in [9.17, 15) is 18.0 Å². The zero-order valence-corrected chi connectivity index (χ0v) is 19.3. The third kappa shape index (κ3) is 4.54.